The fraction of sp³-hybridized carbons (Fsp3) is 0.346. The van der Waals surface area contributed by atoms with Gasteiger partial charge in [0.15, 0.2) is 0 Å². The molecule has 30 heavy (non-hydrogen) atoms. The van der Waals surface area contributed by atoms with E-state index in [1.165, 1.54) is 16.7 Å². The number of aromatic nitrogens is 1. The lowest BCUT2D eigenvalue weighted by molar-refractivity contribution is 0.117. The predicted octanol–water partition coefficient (Wildman–Crippen LogP) is 6.22. The van der Waals surface area contributed by atoms with Gasteiger partial charge in [-0.3, -0.25) is 9.88 Å². The van der Waals surface area contributed by atoms with Gasteiger partial charge in [0.25, 0.3) is 0 Å². The molecule has 0 saturated carbocycles. The van der Waals surface area contributed by atoms with E-state index >= 15 is 0 Å². The second-order valence-corrected chi connectivity index (χ2v) is 9.00. The molecule has 0 amide bonds. The van der Waals surface area contributed by atoms with Crippen molar-refractivity contribution in [1.29, 1.82) is 0 Å². The number of hydrogen-bond acceptors (Lipinski definition) is 3. The third kappa shape index (κ3) is 4.71. The molecule has 3 nitrogen and oxygen atoms in total. The Bertz CT molecular complexity index is 1040. The molecule has 2 heterocycles. The van der Waals surface area contributed by atoms with Crippen LogP contribution in [0.1, 0.15) is 36.1 Å². The van der Waals surface area contributed by atoms with E-state index < -0.39 is 5.67 Å². The lowest BCUT2D eigenvalue weighted by Crippen LogP contribution is -2.39. The Morgan fingerprint density at radius 3 is 2.67 bits per heavy atom. The lowest BCUT2D eigenvalue weighted by atomic mass is 9.96. The van der Waals surface area contributed by atoms with Gasteiger partial charge >= 0.3 is 0 Å². The van der Waals surface area contributed by atoms with Crippen LogP contribution in [0.3, 0.4) is 0 Å². The number of hydrogen-bond donors (Lipinski definition) is 1. The van der Waals surface area contributed by atoms with Crippen molar-refractivity contribution in [3.05, 3.63) is 77.0 Å². The first kappa shape index (κ1) is 20.5. The average Bonchev–Trinajstić information content (AvgIpc) is 2.69. The van der Waals surface area contributed by atoms with E-state index in [4.69, 9.17) is 0 Å². The summed E-state index contributed by atoms with van der Waals surface area (Å²) in [5.41, 5.74) is 8.13. The van der Waals surface area contributed by atoms with Gasteiger partial charge in [-0.05, 0) is 80.6 Å². The van der Waals surface area contributed by atoms with Crippen molar-refractivity contribution in [1.82, 2.24) is 9.88 Å². The maximum absolute atomic E-state index is 14.1. The van der Waals surface area contributed by atoms with Crippen molar-refractivity contribution in [3.63, 3.8) is 0 Å². The Hall–Kier alpha value is -2.72. The van der Waals surface area contributed by atoms with Gasteiger partial charge < -0.3 is 5.32 Å². The van der Waals surface area contributed by atoms with Gasteiger partial charge in [0.1, 0.15) is 5.67 Å². The smallest absolute Gasteiger partial charge is 0.118 e. The van der Waals surface area contributed by atoms with Crippen molar-refractivity contribution < 1.29 is 4.39 Å². The van der Waals surface area contributed by atoms with Crippen LogP contribution in [0.25, 0.3) is 11.3 Å². The largest absolute Gasteiger partial charge is 0.355 e. The number of benzene rings is 2. The van der Waals surface area contributed by atoms with Gasteiger partial charge in [0.05, 0.1) is 5.69 Å². The molecule has 0 spiro atoms. The van der Waals surface area contributed by atoms with E-state index in [0.717, 1.165) is 47.7 Å². The molecule has 2 aromatic carbocycles. The molecule has 1 aliphatic heterocycles. The Balaban J connectivity index is 1.58. The first-order valence-electron chi connectivity index (χ1n) is 10.6. The number of pyridine rings is 1. The first-order valence-corrected chi connectivity index (χ1v) is 10.6. The molecule has 4 heteroatoms. The number of halogens is 1. The second-order valence-electron chi connectivity index (χ2n) is 9.00. The fourth-order valence-electron chi connectivity index (χ4n) is 4.21. The van der Waals surface area contributed by atoms with E-state index in [0.29, 0.717) is 6.54 Å². The molecule has 0 atom stereocenters. The van der Waals surface area contributed by atoms with E-state index in [1.54, 1.807) is 13.8 Å². The summed E-state index contributed by atoms with van der Waals surface area (Å²) in [5, 5.41) is 3.62. The average molecular weight is 404 g/mol. The molecule has 4 rings (SSSR count). The molecule has 3 aromatic rings. The minimum atomic E-state index is -1.17. The van der Waals surface area contributed by atoms with E-state index in [9.17, 15) is 4.39 Å². The van der Waals surface area contributed by atoms with Crippen LogP contribution in [0, 0.1) is 13.8 Å². The number of aryl methyl sites for hydroxylation is 2. The molecule has 156 valence electrons. The summed E-state index contributed by atoms with van der Waals surface area (Å²) in [4.78, 5) is 6.81. The highest BCUT2D eigenvalue weighted by molar-refractivity contribution is 5.73. The van der Waals surface area contributed by atoms with Crippen LogP contribution in [0.15, 0.2) is 54.7 Å². The zero-order chi connectivity index (χ0) is 21.3. The van der Waals surface area contributed by atoms with Crippen LogP contribution < -0.4 is 5.32 Å². The highest BCUT2D eigenvalue weighted by Gasteiger charge is 2.25. The SMILES string of the molecule is Cc1ccc(-c2cc(Nc3cccc4c3CCN(CC(C)(C)F)C4)ccc2C)nc1. The topological polar surface area (TPSA) is 28.2 Å². The maximum Gasteiger partial charge on any atom is 0.118 e. The molecule has 1 N–H and O–H groups in total. The molecule has 0 fully saturated rings. The Labute approximate surface area is 179 Å². The molecule has 1 aliphatic rings. The van der Waals surface area contributed by atoms with Crippen LogP contribution in [0.4, 0.5) is 15.8 Å². The first-order chi connectivity index (χ1) is 14.3. The van der Waals surface area contributed by atoms with E-state index in [-0.39, 0.29) is 0 Å². The Kier molecular flexibility index (Phi) is 5.61. The summed E-state index contributed by atoms with van der Waals surface area (Å²) in [6.07, 6.45) is 2.83. The number of nitrogens with zero attached hydrogens (tertiary/aromatic N) is 2. The molecular weight excluding hydrogens is 373 g/mol. The quantitative estimate of drug-likeness (QED) is 0.548. The van der Waals surface area contributed by atoms with Crippen molar-refractivity contribution >= 4 is 11.4 Å². The Morgan fingerprint density at radius 2 is 1.93 bits per heavy atom. The van der Waals surface area contributed by atoms with E-state index in [1.807, 2.05) is 6.20 Å². The molecule has 0 radical (unpaired) electrons. The van der Waals surface area contributed by atoms with Crippen molar-refractivity contribution in [3.8, 4) is 11.3 Å². The highest BCUT2D eigenvalue weighted by Crippen LogP contribution is 2.32. The minimum Gasteiger partial charge on any atom is -0.355 e. The summed E-state index contributed by atoms with van der Waals surface area (Å²) in [6, 6.07) is 17.0. The van der Waals surface area contributed by atoms with Gasteiger partial charge in [0.2, 0.25) is 0 Å². The lowest BCUT2D eigenvalue weighted by Gasteiger charge is -2.33. The van der Waals surface area contributed by atoms with Gasteiger partial charge in [-0.2, -0.15) is 0 Å². The van der Waals surface area contributed by atoms with E-state index in [2.05, 4.69) is 77.6 Å². The second kappa shape index (κ2) is 8.19. The fourth-order valence-corrected chi connectivity index (χ4v) is 4.21. The van der Waals surface area contributed by atoms with Crippen molar-refractivity contribution in [2.24, 2.45) is 0 Å². The zero-order valence-electron chi connectivity index (χ0n) is 18.3. The minimum absolute atomic E-state index is 0.467. The summed E-state index contributed by atoms with van der Waals surface area (Å²) < 4.78 is 14.1. The van der Waals surface area contributed by atoms with Crippen LogP contribution in [0.2, 0.25) is 0 Å². The third-order valence-corrected chi connectivity index (χ3v) is 5.65. The number of anilines is 2. The van der Waals surface area contributed by atoms with Crippen molar-refractivity contribution in [2.75, 3.05) is 18.4 Å². The van der Waals surface area contributed by atoms with Crippen molar-refractivity contribution in [2.45, 2.75) is 46.3 Å². The standard InChI is InChI=1S/C26H30FN3/c1-18-8-11-24(28-15-18)23-14-21(10-9-19(23)2)29-25-7-5-6-20-16-30(13-12-22(20)25)17-26(3,4)27/h5-11,14-15,29H,12-13,16-17H2,1-4H3. The number of fused-ring (bicyclic) bond motifs is 1. The van der Waals surface area contributed by atoms with Gasteiger partial charge in [-0.1, -0.05) is 24.3 Å². The maximum atomic E-state index is 14.1. The van der Waals surface area contributed by atoms with Gasteiger partial charge in [-0.15, -0.1) is 0 Å². The third-order valence-electron chi connectivity index (χ3n) is 5.65. The molecule has 0 saturated heterocycles. The summed E-state index contributed by atoms with van der Waals surface area (Å²) >= 11 is 0. The molecule has 0 aliphatic carbocycles. The molecule has 1 aromatic heterocycles. The summed E-state index contributed by atoms with van der Waals surface area (Å²) in [5.74, 6) is 0. The number of rotatable bonds is 5. The van der Waals surface area contributed by atoms with Crippen LogP contribution in [-0.2, 0) is 13.0 Å². The summed E-state index contributed by atoms with van der Waals surface area (Å²) in [6.45, 7) is 9.61. The van der Waals surface area contributed by atoms with Crippen LogP contribution in [0.5, 0.6) is 0 Å². The van der Waals surface area contributed by atoms with Crippen LogP contribution in [-0.4, -0.2) is 28.6 Å². The zero-order valence-corrected chi connectivity index (χ0v) is 18.3. The summed E-state index contributed by atoms with van der Waals surface area (Å²) in [7, 11) is 0. The van der Waals surface area contributed by atoms with Gasteiger partial charge in [-0.25, -0.2) is 4.39 Å². The molecule has 0 unspecified atom stereocenters. The normalized spacial score (nSPS) is 14.4. The number of alkyl halides is 1. The monoisotopic (exact) mass is 403 g/mol. The predicted molar refractivity (Wildman–Crippen MR) is 123 cm³/mol. The van der Waals surface area contributed by atoms with Gasteiger partial charge in [0, 0.05) is 42.8 Å². The number of nitrogens with one attached hydrogen (secondary N) is 1. The molecule has 0 bridgehead atoms. The van der Waals surface area contributed by atoms with Crippen LogP contribution >= 0.6 is 0 Å². The Morgan fingerprint density at radius 1 is 1.10 bits per heavy atom. The molecular formula is C26H30FN3. The highest BCUT2D eigenvalue weighted by atomic mass is 19.1.